The molecular formula is C14H17N5O2. The minimum Gasteiger partial charge on any atom is -0.313 e. The van der Waals surface area contributed by atoms with Crippen molar-refractivity contribution < 1.29 is 4.92 Å². The number of hydrogen-bond acceptors (Lipinski definition) is 5. The molecule has 1 heterocycles. The van der Waals surface area contributed by atoms with Crippen LogP contribution in [0.25, 0.3) is 11.4 Å². The number of nitro groups is 1. The molecule has 0 aliphatic rings. The predicted molar refractivity (Wildman–Crippen MR) is 79.8 cm³/mol. The summed E-state index contributed by atoms with van der Waals surface area (Å²) in [7, 11) is 0. The molecule has 0 aliphatic carbocycles. The molecule has 0 aliphatic heterocycles. The van der Waals surface area contributed by atoms with Crippen LogP contribution in [0.3, 0.4) is 0 Å². The van der Waals surface area contributed by atoms with Crippen LogP contribution in [-0.4, -0.2) is 32.8 Å². The van der Waals surface area contributed by atoms with Gasteiger partial charge in [-0.2, -0.15) is 5.10 Å². The van der Waals surface area contributed by atoms with Crippen LogP contribution in [-0.2, 0) is 6.54 Å². The summed E-state index contributed by atoms with van der Waals surface area (Å²) in [5.41, 5.74) is 1.81. The number of likely N-dealkylation sites (N-methyl/N-ethyl adjacent to an activating group) is 1. The molecule has 0 spiro atoms. The molecule has 1 N–H and O–H groups in total. The first-order valence-electron chi connectivity index (χ1n) is 6.61. The Morgan fingerprint density at radius 2 is 2.14 bits per heavy atom. The SMILES string of the molecule is C=C(CNCC)Cn1cnc(-c2ccc([N+](=O)[O-])cc2)n1. The molecule has 7 nitrogen and oxygen atoms in total. The summed E-state index contributed by atoms with van der Waals surface area (Å²) in [6, 6.07) is 6.18. The van der Waals surface area contributed by atoms with Gasteiger partial charge in [0, 0.05) is 24.2 Å². The molecule has 0 saturated heterocycles. The maximum Gasteiger partial charge on any atom is 0.269 e. The van der Waals surface area contributed by atoms with Crippen molar-refractivity contribution in [3.8, 4) is 11.4 Å². The second-order valence-electron chi connectivity index (χ2n) is 4.60. The molecular weight excluding hydrogens is 270 g/mol. The van der Waals surface area contributed by atoms with E-state index in [1.165, 1.54) is 12.1 Å². The molecule has 0 unspecified atom stereocenters. The van der Waals surface area contributed by atoms with Crippen LogP contribution in [0.4, 0.5) is 5.69 Å². The Bertz CT molecular complexity index is 633. The van der Waals surface area contributed by atoms with Gasteiger partial charge in [0.05, 0.1) is 11.5 Å². The van der Waals surface area contributed by atoms with E-state index in [-0.39, 0.29) is 5.69 Å². The van der Waals surface area contributed by atoms with E-state index in [9.17, 15) is 10.1 Å². The third-order valence-corrected chi connectivity index (χ3v) is 2.88. The van der Waals surface area contributed by atoms with Crippen molar-refractivity contribution in [2.24, 2.45) is 0 Å². The van der Waals surface area contributed by atoms with Crippen LogP contribution in [0, 0.1) is 10.1 Å². The van der Waals surface area contributed by atoms with Crippen molar-refractivity contribution in [1.82, 2.24) is 20.1 Å². The minimum atomic E-state index is -0.430. The fraction of sp³-hybridized carbons (Fsp3) is 0.286. The number of non-ortho nitro benzene ring substituents is 1. The lowest BCUT2D eigenvalue weighted by atomic mass is 10.2. The fourth-order valence-corrected chi connectivity index (χ4v) is 1.82. The maximum absolute atomic E-state index is 10.6. The number of hydrogen-bond donors (Lipinski definition) is 1. The summed E-state index contributed by atoms with van der Waals surface area (Å²) in [6.45, 7) is 8.23. The van der Waals surface area contributed by atoms with Gasteiger partial charge < -0.3 is 5.32 Å². The van der Waals surface area contributed by atoms with Gasteiger partial charge in [0.15, 0.2) is 5.82 Å². The summed E-state index contributed by atoms with van der Waals surface area (Å²) in [6.07, 6.45) is 1.63. The zero-order valence-corrected chi connectivity index (χ0v) is 11.8. The van der Waals surface area contributed by atoms with Gasteiger partial charge in [0.1, 0.15) is 6.33 Å². The van der Waals surface area contributed by atoms with Crippen molar-refractivity contribution in [1.29, 1.82) is 0 Å². The lowest BCUT2D eigenvalue weighted by Gasteiger charge is -2.05. The molecule has 0 saturated carbocycles. The fourth-order valence-electron chi connectivity index (χ4n) is 1.82. The molecule has 21 heavy (non-hydrogen) atoms. The third-order valence-electron chi connectivity index (χ3n) is 2.88. The molecule has 0 radical (unpaired) electrons. The summed E-state index contributed by atoms with van der Waals surface area (Å²) < 4.78 is 1.70. The Morgan fingerprint density at radius 1 is 1.43 bits per heavy atom. The molecule has 1 aromatic heterocycles. The first-order valence-corrected chi connectivity index (χ1v) is 6.61. The number of aromatic nitrogens is 3. The Balaban J connectivity index is 2.05. The van der Waals surface area contributed by atoms with E-state index in [2.05, 4.69) is 22.0 Å². The van der Waals surface area contributed by atoms with Crippen LogP contribution in [0.1, 0.15) is 6.92 Å². The number of benzene rings is 1. The number of nitrogens with one attached hydrogen (secondary N) is 1. The summed E-state index contributed by atoms with van der Waals surface area (Å²) in [5, 5.41) is 18.2. The lowest BCUT2D eigenvalue weighted by Crippen LogP contribution is -2.18. The van der Waals surface area contributed by atoms with Crippen molar-refractivity contribution in [2.75, 3.05) is 13.1 Å². The van der Waals surface area contributed by atoms with Gasteiger partial charge in [0.2, 0.25) is 0 Å². The Morgan fingerprint density at radius 3 is 2.76 bits per heavy atom. The van der Waals surface area contributed by atoms with Crippen LogP contribution >= 0.6 is 0 Å². The topological polar surface area (TPSA) is 85.9 Å². The second-order valence-corrected chi connectivity index (χ2v) is 4.60. The lowest BCUT2D eigenvalue weighted by molar-refractivity contribution is -0.384. The van der Waals surface area contributed by atoms with Crippen molar-refractivity contribution in [3.63, 3.8) is 0 Å². The summed E-state index contributed by atoms with van der Waals surface area (Å²) in [5.74, 6) is 0.543. The molecule has 0 fully saturated rings. The van der Waals surface area contributed by atoms with E-state index in [4.69, 9.17) is 0 Å². The molecule has 2 aromatic rings. The predicted octanol–water partition coefficient (Wildman–Crippen LogP) is 2.02. The van der Waals surface area contributed by atoms with Crippen LogP contribution in [0.2, 0.25) is 0 Å². The van der Waals surface area contributed by atoms with Crippen molar-refractivity contribution in [3.05, 3.63) is 52.9 Å². The summed E-state index contributed by atoms with van der Waals surface area (Å²) in [4.78, 5) is 14.4. The molecule has 0 atom stereocenters. The Labute approximate surface area is 122 Å². The first kappa shape index (κ1) is 14.9. The van der Waals surface area contributed by atoms with Crippen LogP contribution in [0.5, 0.6) is 0 Å². The largest absolute Gasteiger partial charge is 0.313 e. The average molecular weight is 287 g/mol. The molecule has 7 heteroatoms. The zero-order valence-electron chi connectivity index (χ0n) is 11.8. The third kappa shape index (κ3) is 3.96. The molecule has 1 aromatic carbocycles. The maximum atomic E-state index is 10.6. The highest BCUT2D eigenvalue weighted by atomic mass is 16.6. The number of nitrogens with zero attached hydrogens (tertiary/aromatic N) is 4. The highest BCUT2D eigenvalue weighted by molar-refractivity contribution is 5.56. The number of rotatable bonds is 7. The number of nitro benzene ring substituents is 1. The normalized spacial score (nSPS) is 10.5. The Hall–Kier alpha value is -2.54. The molecule has 0 bridgehead atoms. The highest BCUT2D eigenvalue weighted by Crippen LogP contribution is 2.18. The summed E-state index contributed by atoms with van der Waals surface area (Å²) >= 11 is 0. The zero-order chi connectivity index (χ0) is 15.2. The van der Waals surface area contributed by atoms with E-state index in [0.717, 1.165) is 24.2 Å². The molecule has 0 amide bonds. The van der Waals surface area contributed by atoms with E-state index in [1.807, 2.05) is 6.92 Å². The van der Waals surface area contributed by atoms with Crippen molar-refractivity contribution >= 4 is 5.69 Å². The average Bonchev–Trinajstić information content (AvgIpc) is 2.93. The van der Waals surface area contributed by atoms with Gasteiger partial charge in [0.25, 0.3) is 5.69 Å². The van der Waals surface area contributed by atoms with Gasteiger partial charge in [-0.15, -0.1) is 0 Å². The van der Waals surface area contributed by atoms with Crippen LogP contribution < -0.4 is 5.32 Å². The van der Waals surface area contributed by atoms with Gasteiger partial charge in [-0.3, -0.25) is 10.1 Å². The minimum absolute atomic E-state index is 0.0530. The second kappa shape index (κ2) is 6.76. The van der Waals surface area contributed by atoms with Crippen molar-refractivity contribution in [2.45, 2.75) is 13.5 Å². The van der Waals surface area contributed by atoms with Gasteiger partial charge in [-0.25, -0.2) is 9.67 Å². The van der Waals surface area contributed by atoms with Gasteiger partial charge in [-0.05, 0) is 24.3 Å². The van der Waals surface area contributed by atoms with E-state index < -0.39 is 4.92 Å². The quantitative estimate of drug-likeness (QED) is 0.478. The monoisotopic (exact) mass is 287 g/mol. The molecule has 2 rings (SSSR count). The van der Waals surface area contributed by atoms with Gasteiger partial charge in [-0.1, -0.05) is 13.5 Å². The van der Waals surface area contributed by atoms with Gasteiger partial charge >= 0.3 is 0 Å². The first-order chi connectivity index (χ1) is 10.1. The van der Waals surface area contributed by atoms with Crippen LogP contribution in [0.15, 0.2) is 42.7 Å². The van der Waals surface area contributed by atoms with E-state index in [1.54, 1.807) is 23.1 Å². The smallest absolute Gasteiger partial charge is 0.269 e. The molecule has 110 valence electrons. The van der Waals surface area contributed by atoms with E-state index in [0.29, 0.717) is 12.4 Å². The van der Waals surface area contributed by atoms with E-state index >= 15 is 0 Å². The standard InChI is InChI=1S/C14H17N5O2/c1-3-15-8-11(2)9-18-10-16-14(17-18)12-4-6-13(7-5-12)19(20)21/h4-7,10,15H,2-3,8-9H2,1H3. The Kier molecular flexibility index (Phi) is 4.78. The highest BCUT2D eigenvalue weighted by Gasteiger charge is 2.08.